The second-order valence-electron chi connectivity index (χ2n) is 4.90. The van der Waals surface area contributed by atoms with Gasteiger partial charge < -0.3 is 5.32 Å². The van der Waals surface area contributed by atoms with Crippen molar-refractivity contribution in [1.82, 2.24) is 20.5 Å². The van der Waals surface area contributed by atoms with Crippen LogP contribution in [-0.4, -0.2) is 31.9 Å². The molecule has 1 aromatic heterocycles. The first-order valence-corrected chi connectivity index (χ1v) is 7.16. The molecule has 2 N–H and O–H groups in total. The monoisotopic (exact) mass is 270 g/mol. The van der Waals surface area contributed by atoms with Crippen molar-refractivity contribution in [2.24, 2.45) is 0 Å². The third-order valence-corrected chi connectivity index (χ3v) is 3.80. The van der Waals surface area contributed by atoms with Crippen molar-refractivity contribution in [3.05, 3.63) is 5.82 Å². The summed E-state index contributed by atoms with van der Waals surface area (Å²) in [4.78, 5) is 16.3. The van der Waals surface area contributed by atoms with E-state index in [2.05, 4.69) is 27.4 Å². The van der Waals surface area contributed by atoms with E-state index in [4.69, 9.17) is 0 Å². The number of H-pyrrole nitrogens is 1. The Balaban J connectivity index is 2.54. The maximum absolute atomic E-state index is 12.0. The van der Waals surface area contributed by atoms with Crippen molar-refractivity contribution in [3.8, 4) is 0 Å². The number of rotatable bonds is 6. The van der Waals surface area contributed by atoms with Crippen LogP contribution < -0.4 is 5.32 Å². The number of nitrogens with zero attached hydrogens (tertiary/aromatic N) is 2. The van der Waals surface area contributed by atoms with Gasteiger partial charge in [-0.05, 0) is 27.2 Å². The van der Waals surface area contributed by atoms with Gasteiger partial charge in [-0.15, -0.1) is 5.10 Å². The summed E-state index contributed by atoms with van der Waals surface area (Å²) in [5.41, 5.74) is -0.167. The van der Waals surface area contributed by atoms with Gasteiger partial charge in [0.25, 0.3) is 0 Å². The van der Waals surface area contributed by atoms with Crippen LogP contribution in [0.2, 0.25) is 0 Å². The molecule has 0 aliphatic rings. The third kappa shape index (κ3) is 4.33. The van der Waals surface area contributed by atoms with E-state index in [0.717, 1.165) is 18.7 Å². The predicted molar refractivity (Wildman–Crippen MR) is 73.6 cm³/mol. The Morgan fingerprint density at radius 3 is 2.67 bits per heavy atom. The van der Waals surface area contributed by atoms with Crippen LogP contribution in [0, 0.1) is 0 Å². The Labute approximate surface area is 113 Å². The maximum atomic E-state index is 12.0. The van der Waals surface area contributed by atoms with E-state index in [-0.39, 0.29) is 16.7 Å². The minimum Gasteiger partial charge on any atom is -0.350 e. The first-order valence-electron chi connectivity index (χ1n) is 6.28. The quantitative estimate of drug-likeness (QED) is 0.777. The molecule has 18 heavy (non-hydrogen) atoms. The van der Waals surface area contributed by atoms with Crippen LogP contribution in [0.4, 0.5) is 0 Å². The fourth-order valence-corrected chi connectivity index (χ4v) is 1.97. The summed E-state index contributed by atoms with van der Waals surface area (Å²) in [6.07, 6.45) is 1.72. The standard InChI is InChI=1S/C12H22N4OS/c1-6-9-13-11(16-15-9)18-8(3)10(17)14-12(4,5)7-2/h8H,6-7H2,1-5H3,(H,14,17)(H,13,15,16). The SMILES string of the molecule is CCc1nc(SC(C)C(=O)NC(C)(C)CC)n[nH]1. The molecule has 0 aliphatic carbocycles. The number of carbonyl (C=O) groups excluding carboxylic acids is 1. The third-order valence-electron chi connectivity index (χ3n) is 2.84. The molecule has 0 fully saturated rings. The lowest BCUT2D eigenvalue weighted by atomic mass is 10.0. The molecule has 5 nitrogen and oxygen atoms in total. The topological polar surface area (TPSA) is 70.7 Å². The van der Waals surface area contributed by atoms with Crippen LogP contribution in [0.1, 0.15) is 46.9 Å². The lowest BCUT2D eigenvalue weighted by Gasteiger charge is -2.26. The highest BCUT2D eigenvalue weighted by Gasteiger charge is 2.23. The molecule has 1 heterocycles. The fourth-order valence-electron chi connectivity index (χ4n) is 1.22. The first kappa shape index (κ1) is 15.0. The van der Waals surface area contributed by atoms with Gasteiger partial charge in [-0.2, -0.15) is 0 Å². The average molecular weight is 270 g/mol. The van der Waals surface area contributed by atoms with Crippen LogP contribution in [0.15, 0.2) is 5.16 Å². The number of carbonyl (C=O) groups is 1. The van der Waals surface area contributed by atoms with Gasteiger partial charge in [-0.25, -0.2) is 4.98 Å². The van der Waals surface area contributed by atoms with Gasteiger partial charge in [0.15, 0.2) is 0 Å². The number of hydrogen-bond acceptors (Lipinski definition) is 4. The second-order valence-corrected chi connectivity index (χ2v) is 6.21. The fraction of sp³-hybridized carbons (Fsp3) is 0.750. The van der Waals surface area contributed by atoms with E-state index in [9.17, 15) is 4.79 Å². The highest BCUT2D eigenvalue weighted by atomic mass is 32.2. The number of hydrogen-bond donors (Lipinski definition) is 2. The minimum atomic E-state index is -0.198. The van der Waals surface area contributed by atoms with Gasteiger partial charge in [0.2, 0.25) is 11.1 Å². The lowest BCUT2D eigenvalue weighted by Crippen LogP contribution is -2.46. The van der Waals surface area contributed by atoms with E-state index in [0.29, 0.717) is 5.16 Å². The van der Waals surface area contributed by atoms with Crippen LogP contribution in [0.5, 0.6) is 0 Å². The normalized spacial score (nSPS) is 13.4. The molecular weight excluding hydrogens is 248 g/mol. The van der Waals surface area contributed by atoms with Crippen molar-refractivity contribution < 1.29 is 4.79 Å². The van der Waals surface area contributed by atoms with E-state index in [1.807, 2.05) is 27.7 Å². The van der Waals surface area contributed by atoms with Crippen LogP contribution in [-0.2, 0) is 11.2 Å². The number of nitrogens with one attached hydrogen (secondary N) is 2. The van der Waals surface area contributed by atoms with E-state index >= 15 is 0 Å². The molecule has 1 aromatic rings. The number of aryl methyl sites for hydroxylation is 1. The lowest BCUT2D eigenvalue weighted by molar-refractivity contribution is -0.121. The molecule has 1 rings (SSSR count). The molecule has 0 saturated carbocycles. The minimum absolute atomic E-state index is 0.0229. The molecule has 102 valence electrons. The van der Waals surface area contributed by atoms with Crippen molar-refractivity contribution in [1.29, 1.82) is 0 Å². The Bertz CT molecular complexity index is 403. The summed E-state index contributed by atoms with van der Waals surface area (Å²) in [7, 11) is 0. The van der Waals surface area contributed by atoms with E-state index in [1.54, 1.807) is 0 Å². The Morgan fingerprint density at radius 2 is 2.17 bits per heavy atom. The molecule has 0 bridgehead atoms. The molecule has 0 aromatic carbocycles. The molecular formula is C12H22N4OS. The van der Waals surface area contributed by atoms with Crippen molar-refractivity contribution in [2.75, 3.05) is 0 Å². The van der Waals surface area contributed by atoms with E-state index in [1.165, 1.54) is 11.8 Å². The Morgan fingerprint density at radius 1 is 1.50 bits per heavy atom. The van der Waals surface area contributed by atoms with Crippen molar-refractivity contribution in [2.45, 2.75) is 63.4 Å². The summed E-state index contributed by atoms with van der Waals surface area (Å²) in [5.74, 6) is 0.869. The largest absolute Gasteiger partial charge is 0.350 e. The van der Waals surface area contributed by atoms with Gasteiger partial charge >= 0.3 is 0 Å². The number of aromatic nitrogens is 3. The summed E-state index contributed by atoms with van der Waals surface area (Å²) in [6, 6.07) is 0. The summed E-state index contributed by atoms with van der Waals surface area (Å²) >= 11 is 1.37. The van der Waals surface area contributed by atoms with Gasteiger partial charge in [-0.3, -0.25) is 9.89 Å². The zero-order chi connectivity index (χ0) is 13.8. The zero-order valence-electron chi connectivity index (χ0n) is 11.7. The van der Waals surface area contributed by atoms with Crippen LogP contribution >= 0.6 is 11.8 Å². The Kier molecular flexibility index (Phi) is 5.19. The second kappa shape index (κ2) is 6.22. The first-order chi connectivity index (χ1) is 8.38. The van der Waals surface area contributed by atoms with Crippen LogP contribution in [0.3, 0.4) is 0 Å². The van der Waals surface area contributed by atoms with Gasteiger partial charge in [0.05, 0.1) is 5.25 Å². The zero-order valence-corrected chi connectivity index (χ0v) is 12.5. The molecule has 6 heteroatoms. The number of aromatic amines is 1. The van der Waals surface area contributed by atoms with Gasteiger partial charge in [0, 0.05) is 12.0 Å². The summed E-state index contributed by atoms with van der Waals surface area (Å²) < 4.78 is 0. The number of amides is 1. The average Bonchev–Trinajstić information content (AvgIpc) is 2.76. The highest BCUT2D eigenvalue weighted by molar-refractivity contribution is 8.00. The molecule has 0 spiro atoms. The predicted octanol–water partition coefficient (Wildman–Crippen LogP) is 2.15. The molecule has 1 amide bonds. The van der Waals surface area contributed by atoms with Gasteiger partial charge in [-0.1, -0.05) is 25.6 Å². The summed E-state index contributed by atoms with van der Waals surface area (Å²) in [5, 5.41) is 10.4. The molecule has 1 unspecified atom stereocenters. The van der Waals surface area contributed by atoms with Crippen LogP contribution in [0.25, 0.3) is 0 Å². The van der Waals surface area contributed by atoms with Gasteiger partial charge in [0.1, 0.15) is 5.82 Å². The molecule has 0 aliphatic heterocycles. The Hall–Kier alpha value is -1.04. The smallest absolute Gasteiger partial charge is 0.233 e. The molecule has 0 radical (unpaired) electrons. The molecule has 1 atom stereocenters. The van der Waals surface area contributed by atoms with E-state index < -0.39 is 0 Å². The maximum Gasteiger partial charge on any atom is 0.233 e. The highest BCUT2D eigenvalue weighted by Crippen LogP contribution is 2.20. The van der Waals surface area contributed by atoms with Crippen molar-refractivity contribution >= 4 is 17.7 Å². The number of thioether (sulfide) groups is 1. The summed E-state index contributed by atoms with van der Waals surface area (Å²) in [6.45, 7) is 9.97. The molecule has 0 saturated heterocycles. The van der Waals surface area contributed by atoms with Crippen molar-refractivity contribution in [3.63, 3.8) is 0 Å².